The van der Waals surface area contributed by atoms with Crippen LogP contribution in [0.15, 0.2) is 24.4 Å². The van der Waals surface area contributed by atoms with Gasteiger partial charge in [-0.15, -0.1) is 10.2 Å². The fourth-order valence-corrected chi connectivity index (χ4v) is 3.07. The molecule has 0 spiro atoms. The third-order valence-corrected chi connectivity index (χ3v) is 4.62. The fraction of sp³-hybridized carbons (Fsp3) is 0.412. The molecular weight excluding hydrogens is 397 g/mol. The van der Waals surface area contributed by atoms with Gasteiger partial charge in [0.05, 0.1) is 10.6 Å². The molecule has 1 aliphatic rings. The Labute approximate surface area is 164 Å². The standard InChI is InChI=1S/C17H18ClF3N6O/c1-25(2)14-4-3-13(23-24-14)16(28)27-7-5-26(6-8-27)15-12(18)9-11(10-22-15)17(19,20)21/h3-4,9-10H,5-8H2,1-2H3. The molecule has 1 amide bonds. The van der Waals surface area contributed by atoms with Gasteiger partial charge in [0.15, 0.2) is 11.5 Å². The SMILES string of the molecule is CN(C)c1ccc(C(=O)N2CCN(c3ncc(C(F)(F)F)cc3Cl)CC2)nn1. The van der Waals surface area contributed by atoms with Crippen LogP contribution in [0.2, 0.25) is 5.02 Å². The van der Waals surface area contributed by atoms with Crippen LogP contribution in [-0.4, -0.2) is 66.3 Å². The average molecular weight is 415 g/mol. The molecule has 0 atom stereocenters. The molecule has 1 saturated heterocycles. The number of pyridine rings is 1. The summed E-state index contributed by atoms with van der Waals surface area (Å²) in [5.74, 6) is 0.671. The van der Waals surface area contributed by atoms with Crippen molar-refractivity contribution in [3.05, 3.63) is 40.7 Å². The summed E-state index contributed by atoms with van der Waals surface area (Å²) in [4.78, 5) is 21.6. The van der Waals surface area contributed by atoms with E-state index < -0.39 is 11.7 Å². The molecular formula is C17H18ClF3N6O. The Bertz CT molecular complexity index is 851. The largest absolute Gasteiger partial charge is 0.417 e. The third-order valence-electron chi connectivity index (χ3n) is 4.34. The van der Waals surface area contributed by atoms with Gasteiger partial charge in [0.2, 0.25) is 0 Å². The van der Waals surface area contributed by atoms with E-state index in [9.17, 15) is 18.0 Å². The second-order valence-corrected chi connectivity index (χ2v) is 6.88. The first-order chi connectivity index (χ1) is 13.2. The molecule has 0 unspecified atom stereocenters. The maximum absolute atomic E-state index is 12.7. The highest BCUT2D eigenvalue weighted by Gasteiger charge is 2.32. The van der Waals surface area contributed by atoms with E-state index in [1.165, 1.54) is 0 Å². The number of hydrogen-bond acceptors (Lipinski definition) is 6. The van der Waals surface area contributed by atoms with Crippen LogP contribution in [0.5, 0.6) is 0 Å². The van der Waals surface area contributed by atoms with Crippen molar-refractivity contribution in [1.29, 1.82) is 0 Å². The molecule has 0 radical (unpaired) electrons. The van der Waals surface area contributed by atoms with Gasteiger partial charge in [-0.2, -0.15) is 13.2 Å². The van der Waals surface area contributed by atoms with E-state index in [1.54, 1.807) is 26.8 Å². The Morgan fingerprint density at radius 3 is 2.32 bits per heavy atom. The van der Waals surface area contributed by atoms with Crippen LogP contribution < -0.4 is 9.80 Å². The van der Waals surface area contributed by atoms with Crippen molar-refractivity contribution in [1.82, 2.24) is 20.1 Å². The van der Waals surface area contributed by atoms with Gasteiger partial charge in [-0.1, -0.05) is 11.6 Å². The maximum atomic E-state index is 12.7. The highest BCUT2D eigenvalue weighted by atomic mass is 35.5. The minimum Gasteiger partial charge on any atom is -0.361 e. The summed E-state index contributed by atoms with van der Waals surface area (Å²) < 4.78 is 38.2. The van der Waals surface area contributed by atoms with Crippen molar-refractivity contribution in [2.45, 2.75) is 6.18 Å². The van der Waals surface area contributed by atoms with Gasteiger partial charge in [0.1, 0.15) is 5.82 Å². The highest BCUT2D eigenvalue weighted by molar-refractivity contribution is 6.33. The molecule has 11 heteroatoms. The lowest BCUT2D eigenvalue weighted by Gasteiger charge is -2.35. The molecule has 1 aliphatic heterocycles. The van der Waals surface area contributed by atoms with Gasteiger partial charge < -0.3 is 14.7 Å². The number of halogens is 4. The minimum atomic E-state index is -4.50. The molecule has 2 aromatic heterocycles. The number of anilines is 2. The first-order valence-corrected chi connectivity index (χ1v) is 8.82. The summed E-state index contributed by atoms with van der Waals surface area (Å²) in [6.45, 7) is 1.53. The molecule has 3 rings (SSSR count). The summed E-state index contributed by atoms with van der Waals surface area (Å²) in [5, 5.41) is 7.89. The number of amides is 1. The monoisotopic (exact) mass is 414 g/mol. The average Bonchev–Trinajstić information content (AvgIpc) is 2.67. The van der Waals surface area contributed by atoms with Crippen LogP contribution in [0.25, 0.3) is 0 Å². The van der Waals surface area contributed by atoms with E-state index in [-0.39, 0.29) is 22.4 Å². The summed E-state index contributed by atoms with van der Waals surface area (Å²) in [6.07, 6.45) is -3.73. The number of alkyl halides is 3. The molecule has 0 saturated carbocycles. The molecule has 150 valence electrons. The molecule has 0 bridgehead atoms. The molecule has 1 fully saturated rings. The van der Waals surface area contributed by atoms with Crippen LogP contribution in [0.1, 0.15) is 16.1 Å². The quantitative estimate of drug-likeness (QED) is 0.769. The fourth-order valence-electron chi connectivity index (χ4n) is 2.78. The predicted molar refractivity (Wildman–Crippen MR) is 98.7 cm³/mol. The number of hydrogen-bond donors (Lipinski definition) is 0. The predicted octanol–water partition coefficient (Wildman–Crippen LogP) is 2.57. The first kappa shape index (κ1) is 20.1. The van der Waals surface area contributed by atoms with Gasteiger partial charge in [0, 0.05) is 46.5 Å². The zero-order chi connectivity index (χ0) is 20.5. The van der Waals surface area contributed by atoms with E-state index in [2.05, 4.69) is 15.2 Å². The minimum absolute atomic E-state index is 0.0697. The van der Waals surface area contributed by atoms with Crippen LogP contribution in [0.3, 0.4) is 0 Å². The van der Waals surface area contributed by atoms with Crippen molar-refractivity contribution in [3.63, 3.8) is 0 Å². The van der Waals surface area contributed by atoms with Crippen LogP contribution in [0.4, 0.5) is 24.8 Å². The summed E-state index contributed by atoms with van der Waals surface area (Å²) in [5.41, 5.74) is -0.653. The number of carbonyl (C=O) groups excluding carboxylic acids is 1. The van der Waals surface area contributed by atoms with Crippen LogP contribution in [-0.2, 0) is 6.18 Å². The zero-order valence-corrected chi connectivity index (χ0v) is 16.0. The number of aromatic nitrogens is 3. The Morgan fingerprint density at radius 1 is 1.14 bits per heavy atom. The van der Waals surface area contributed by atoms with E-state index >= 15 is 0 Å². The number of rotatable bonds is 3. The second-order valence-electron chi connectivity index (χ2n) is 6.48. The Balaban J connectivity index is 1.65. The van der Waals surface area contributed by atoms with Gasteiger partial charge in [-0.25, -0.2) is 4.98 Å². The summed E-state index contributed by atoms with van der Waals surface area (Å²) >= 11 is 6.00. The maximum Gasteiger partial charge on any atom is 0.417 e. The highest BCUT2D eigenvalue weighted by Crippen LogP contribution is 2.33. The number of carbonyl (C=O) groups is 1. The van der Waals surface area contributed by atoms with Gasteiger partial charge in [0.25, 0.3) is 5.91 Å². The van der Waals surface area contributed by atoms with Crippen molar-refractivity contribution in [2.24, 2.45) is 0 Å². The third kappa shape index (κ3) is 4.27. The molecule has 28 heavy (non-hydrogen) atoms. The molecule has 7 nitrogen and oxygen atoms in total. The van der Waals surface area contributed by atoms with E-state index in [0.29, 0.717) is 32.0 Å². The van der Waals surface area contributed by atoms with Crippen LogP contribution >= 0.6 is 11.6 Å². The van der Waals surface area contributed by atoms with E-state index in [0.717, 1.165) is 12.3 Å². The second kappa shape index (κ2) is 7.78. The van der Waals surface area contributed by atoms with E-state index in [4.69, 9.17) is 11.6 Å². The van der Waals surface area contributed by atoms with Crippen molar-refractivity contribution >= 4 is 29.1 Å². The molecule has 2 aromatic rings. The lowest BCUT2D eigenvalue weighted by Crippen LogP contribution is -2.49. The summed E-state index contributed by atoms with van der Waals surface area (Å²) in [6, 6.07) is 4.19. The van der Waals surface area contributed by atoms with Crippen molar-refractivity contribution in [2.75, 3.05) is 50.1 Å². The molecule has 0 aliphatic carbocycles. The van der Waals surface area contributed by atoms with Crippen molar-refractivity contribution < 1.29 is 18.0 Å². The Morgan fingerprint density at radius 2 is 1.82 bits per heavy atom. The molecule has 0 N–H and O–H groups in total. The number of piperazine rings is 1. The lowest BCUT2D eigenvalue weighted by atomic mass is 10.2. The van der Waals surface area contributed by atoms with Crippen molar-refractivity contribution in [3.8, 4) is 0 Å². The topological polar surface area (TPSA) is 65.5 Å². The number of nitrogens with zero attached hydrogens (tertiary/aromatic N) is 6. The smallest absolute Gasteiger partial charge is 0.361 e. The molecule has 0 aromatic carbocycles. The van der Waals surface area contributed by atoms with Gasteiger partial charge in [-0.3, -0.25) is 4.79 Å². The van der Waals surface area contributed by atoms with E-state index in [1.807, 2.05) is 14.1 Å². The van der Waals surface area contributed by atoms with Gasteiger partial charge in [-0.05, 0) is 18.2 Å². The van der Waals surface area contributed by atoms with Gasteiger partial charge >= 0.3 is 6.18 Å². The first-order valence-electron chi connectivity index (χ1n) is 8.45. The summed E-state index contributed by atoms with van der Waals surface area (Å²) in [7, 11) is 3.65. The van der Waals surface area contributed by atoms with Crippen LogP contribution in [0, 0.1) is 0 Å². The zero-order valence-electron chi connectivity index (χ0n) is 15.2. The Hall–Kier alpha value is -2.62. The lowest BCUT2D eigenvalue weighted by molar-refractivity contribution is -0.137. The molecule has 3 heterocycles. The normalized spacial score (nSPS) is 14.9. The Kier molecular flexibility index (Phi) is 5.59.